The van der Waals surface area contributed by atoms with Crippen LogP contribution in [0.2, 0.25) is 0 Å². The molecule has 0 bridgehead atoms. The third-order valence-corrected chi connectivity index (χ3v) is 5.01. The SMILES string of the molecule is Cc1ccc(N=C2NC(=O)SC2=Cc2ccc(-c3ccc([N+](=O)[O-])cc3)o2)cc1. The van der Waals surface area contributed by atoms with E-state index in [4.69, 9.17) is 4.42 Å². The first-order valence-electron chi connectivity index (χ1n) is 8.69. The van der Waals surface area contributed by atoms with E-state index < -0.39 is 4.92 Å². The lowest BCUT2D eigenvalue weighted by molar-refractivity contribution is -0.384. The molecule has 0 atom stereocenters. The van der Waals surface area contributed by atoms with Gasteiger partial charge in [0.25, 0.3) is 10.9 Å². The number of amides is 1. The Morgan fingerprint density at radius 1 is 1.07 bits per heavy atom. The molecule has 1 fully saturated rings. The van der Waals surface area contributed by atoms with Crippen molar-refractivity contribution in [1.29, 1.82) is 0 Å². The van der Waals surface area contributed by atoms with Crippen LogP contribution in [-0.2, 0) is 0 Å². The molecule has 7 nitrogen and oxygen atoms in total. The number of aryl methyl sites for hydroxylation is 1. The Hall–Kier alpha value is -3.65. The molecule has 1 aromatic heterocycles. The zero-order chi connectivity index (χ0) is 20.4. The molecule has 1 aliphatic rings. The molecule has 0 spiro atoms. The molecule has 1 saturated heterocycles. The third-order valence-electron chi connectivity index (χ3n) is 4.19. The molecule has 3 aromatic rings. The minimum absolute atomic E-state index is 0.0200. The van der Waals surface area contributed by atoms with Crippen molar-refractivity contribution in [3.8, 4) is 11.3 Å². The number of furan rings is 1. The second-order valence-electron chi connectivity index (χ2n) is 6.33. The molecule has 8 heteroatoms. The van der Waals surface area contributed by atoms with Crippen molar-refractivity contribution in [1.82, 2.24) is 5.32 Å². The molecule has 144 valence electrons. The van der Waals surface area contributed by atoms with Gasteiger partial charge in [-0.1, -0.05) is 17.7 Å². The van der Waals surface area contributed by atoms with Gasteiger partial charge in [-0.15, -0.1) is 0 Å². The van der Waals surface area contributed by atoms with E-state index in [2.05, 4.69) is 10.3 Å². The van der Waals surface area contributed by atoms with Crippen LogP contribution in [0.5, 0.6) is 0 Å². The highest BCUT2D eigenvalue weighted by Crippen LogP contribution is 2.31. The van der Waals surface area contributed by atoms with Gasteiger partial charge in [-0.2, -0.15) is 0 Å². The summed E-state index contributed by atoms with van der Waals surface area (Å²) in [5, 5.41) is 13.3. The zero-order valence-electron chi connectivity index (χ0n) is 15.3. The normalized spacial score (nSPS) is 16.4. The number of nitrogens with zero attached hydrogens (tertiary/aromatic N) is 2. The standard InChI is InChI=1S/C21H15N3O4S/c1-13-2-6-15(7-3-13)22-20-19(29-21(25)23-20)12-17-10-11-18(28-17)14-4-8-16(9-5-14)24(26)27/h2-12H,1H3,(H,22,23,25). The number of carbonyl (C=O) groups is 1. The Balaban J connectivity index is 1.60. The number of non-ortho nitro benzene ring substituents is 1. The fourth-order valence-corrected chi connectivity index (χ4v) is 3.44. The molecule has 2 heterocycles. The number of amidine groups is 1. The lowest BCUT2D eigenvalue weighted by atomic mass is 10.1. The van der Waals surface area contributed by atoms with Crippen LogP contribution >= 0.6 is 11.8 Å². The third kappa shape index (κ3) is 4.27. The molecule has 1 N–H and O–H groups in total. The fourth-order valence-electron chi connectivity index (χ4n) is 2.72. The van der Waals surface area contributed by atoms with Crippen LogP contribution in [0.1, 0.15) is 11.3 Å². The number of carbonyl (C=O) groups excluding carboxylic acids is 1. The first kappa shape index (κ1) is 18.7. The van der Waals surface area contributed by atoms with Crippen molar-refractivity contribution < 1.29 is 14.1 Å². The van der Waals surface area contributed by atoms with Gasteiger partial charge < -0.3 is 9.73 Å². The monoisotopic (exact) mass is 405 g/mol. The van der Waals surface area contributed by atoms with Gasteiger partial charge in [0, 0.05) is 17.7 Å². The zero-order valence-corrected chi connectivity index (χ0v) is 16.1. The molecule has 1 amide bonds. The van der Waals surface area contributed by atoms with Gasteiger partial charge >= 0.3 is 0 Å². The number of nitro benzene ring substituents is 1. The van der Waals surface area contributed by atoms with Gasteiger partial charge in [0.1, 0.15) is 17.4 Å². The van der Waals surface area contributed by atoms with Crippen LogP contribution in [0.25, 0.3) is 17.4 Å². The van der Waals surface area contributed by atoms with Gasteiger partial charge in [-0.05, 0) is 61.2 Å². The van der Waals surface area contributed by atoms with Crippen molar-refractivity contribution in [2.45, 2.75) is 6.92 Å². The second-order valence-corrected chi connectivity index (χ2v) is 7.34. The summed E-state index contributed by atoms with van der Waals surface area (Å²) in [4.78, 5) is 27.3. The number of thioether (sulfide) groups is 1. The lowest BCUT2D eigenvalue weighted by Crippen LogP contribution is -2.18. The quantitative estimate of drug-likeness (QED) is 0.444. The van der Waals surface area contributed by atoms with Crippen LogP contribution in [0.4, 0.5) is 16.2 Å². The fraction of sp³-hybridized carbons (Fsp3) is 0.0476. The number of rotatable bonds is 4. The molecule has 2 aromatic carbocycles. The number of benzene rings is 2. The summed E-state index contributed by atoms with van der Waals surface area (Å²) in [6.07, 6.45) is 1.74. The average molecular weight is 405 g/mol. The predicted octanol–water partition coefficient (Wildman–Crippen LogP) is 5.69. The minimum Gasteiger partial charge on any atom is -0.457 e. The summed E-state index contributed by atoms with van der Waals surface area (Å²) in [7, 11) is 0. The highest BCUT2D eigenvalue weighted by atomic mass is 32.2. The van der Waals surface area contributed by atoms with Gasteiger partial charge in [-0.25, -0.2) is 4.99 Å². The minimum atomic E-state index is -0.446. The molecule has 0 aliphatic carbocycles. The maximum Gasteiger partial charge on any atom is 0.289 e. The maximum absolute atomic E-state index is 11.9. The highest BCUT2D eigenvalue weighted by molar-refractivity contribution is 8.18. The highest BCUT2D eigenvalue weighted by Gasteiger charge is 2.24. The maximum atomic E-state index is 11.9. The van der Waals surface area contributed by atoms with E-state index in [1.54, 1.807) is 30.3 Å². The molecule has 0 radical (unpaired) electrons. The van der Waals surface area contributed by atoms with E-state index in [0.29, 0.717) is 22.3 Å². The number of hydrogen-bond acceptors (Lipinski definition) is 6. The number of aliphatic imine (C=N–C) groups is 1. The van der Waals surface area contributed by atoms with Crippen molar-refractivity contribution in [3.05, 3.63) is 87.0 Å². The molecule has 1 aliphatic heterocycles. The predicted molar refractivity (Wildman–Crippen MR) is 113 cm³/mol. The van der Waals surface area contributed by atoms with E-state index in [1.807, 2.05) is 31.2 Å². The molecule has 0 unspecified atom stereocenters. The van der Waals surface area contributed by atoms with Crippen LogP contribution in [0.15, 0.2) is 75.0 Å². The summed E-state index contributed by atoms with van der Waals surface area (Å²) in [5.41, 5.74) is 2.61. The molecular weight excluding hydrogens is 390 g/mol. The summed E-state index contributed by atoms with van der Waals surface area (Å²) in [6.45, 7) is 1.99. The van der Waals surface area contributed by atoms with Gasteiger partial charge in [-0.3, -0.25) is 14.9 Å². The molecule has 0 saturated carbocycles. The van der Waals surface area contributed by atoms with Gasteiger partial charge in [0.15, 0.2) is 0 Å². The van der Waals surface area contributed by atoms with Gasteiger partial charge in [0.05, 0.1) is 15.5 Å². The average Bonchev–Trinajstić information content (AvgIpc) is 3.30. The summed E-state index contributed by atoms with van der Waals surface area (Å²) in [6, 6.07) is 17.3. The molecular formula is C21H15N3O4S. The Labute approximate surface area is 170 Å². The van der Waals surface area contributed by atoms with Crippen molar-refractivity contribution in [2.75, 3.05) is 0 Å². The van der Waals surface area contributed by atoms with Crippen molar-refractivity contribution >= 4 is 40.3 Å². The summed E-state index contributed by atoms with van der Waals surface area (Å²) in [5.74, 6) is 1.59. The summed E-state index contributed by atoms with van der Waals surface area (Å²) >= 11 is 1.05. The van der Waals surface area contributed by atoms with Gasteiger partial charge in [0.2, 0.25) is 0 Å². The van der Waals surface area contributed by atoms with Crippen molar-refractivity contribution in [2.24, 2.45) is 4.99 Å². The van der Waals surface area contributed by atoms with Crippen LogP contribution < -0.4 is 5.32 Å². The lowest BCUT2D eigenvalue weighted by Gasteiger charge is -2.00. The Bertz CT molecular complexity index is 1150. The first-order valence-corrected chi connectivity index (χ1v) is 9.50. The Kier molecular flexibility index (Phi) is 5.01. The van der Waals surface area contributed by atoms with Crippen LogP contribution in [0, 0.1) is 17.0 Å². The Morgan fingerprint density at radius 2 is 1.79 bits per heavy atom. The molecule has 29 heavy (non-hydrogen) atoms. The largest absolute Gasteiger partial charge is 0.457 e. The summed E-state index contributed by atoms with van der Waals surface area (Å²) < 4.78 is 5.83. The van der Waals surface area contributed by atoms with E-state index in [9.17, 15) is 14.9 Å². The van der Waals surface area contributed by atoms with E-state index in [0.717, 1.165) is 28.6 Å². The number of hydrogen-bond donors (Lipinski definition) is 1. The van der Waals surface area contributed by atoms with Crippen LogP contribution in [-0.4, -0.2) is 16.0 Å². The topological polar surface area (TPSA) is 97.7 Å². The van der Waals surface area contributed by atoms with Crippen molar-refractivity contribution in [3.63, 3.8) is 0 Å². The molecule has 4 rings (SSSR count). The first-order chi connectivity index (χ1) is 14.0. The Morgan fingerprint density at radius 3 is 2.48 bits per heavy atom. The van der Waals surface area contributed by atoms with Crippen LogP contribution in [0.3, 0.4) is 0 Å². The number of nitro groups is 1. The van der Waals surface area contributed by atoms with E-state index >= 15 is 0 Å². The van der Waals surface area contributed by atoms with E-state index in [1.165, 1.54) is 12.1 Å². The smallest absolute Gasteiger partial charge is 0.289 e. The van der Waals surface area contributed by atoms with E-state index in [-0.39, 0.29) is 10.9 Å². The second kappa shape index (κ2) is 7.76. The number of nitrogens with one attached hydrogen (secondary N) is 1.